The minimum absolute atomic E-state index is 0.231. The fourth-order valence-corrected chi connectivity index (χ4v) is 2.63. The number of hydrogen-bond acceptors (Lipinski definition) is 1. The lowest BCUT2D eigenvalue weighted by molar-refractivity contribution is 0.534. The van der Waals surface area contributed by atoms with Gasteiger partial charge in [0.15, 0.2) is 0 Å². The molecular weight excluding hydrogens is 146 g/mol. The van der Waals surface area contributed by atoms with Gasteiger partial charge in [-0.25, -0.2) is 0 Å². The van der Waals surface area contributed by atoms with Crippen LogP contribution in [0.2, 0.25) is 0 Å². The number of fused-ring (bicyclic) bond motifs is 1. The van der Waals surface area contributed by atoms with Crippen LogP contribution in [0.5, 0.6) is 0 Å². The van der Waals surface area contributed by atoms with E-state index in [0.29, 0.717) is 0 Å². The van der Waals surface area contributed by atoms with Crippen LogP contribution in [0.4, 0.5) is 0 Å². The molecule has 1 heteroatoms. The van der Waals surface area contributed by atoms with Crippen LogP contribution >= 0.6 is 0 Å². The minimum atomic E-state index is 0.231. The quantitative estimate of drug-likeness (QED) is 0.413. The van der Waals surface area contributed by atoms with Gasteiger partial charge in [0.25, 0.3) is 0 Å². The summed E-state index contributed by atoms with van der Waals surface area (Å²) in [6, 6.07) is 0. The monoisotopic (exact) mass is 161 g/mol. The van der Waals surface area contributed by atoms with Crippen molar-refractivity contribution >= 4 is 6.72 Å². The first-order valence-corrected chi connectivity index (χ1v) is 4.75. The first-order chi connectivity index (χ1) is 5.81. The summed E-state index contributed by atoms with van der Waals surface area (Å²) in [5.74, 6) is 7.91. The topological polar surface area (TPSA) is 12.4 Å². The Bertz CT molecular complexity index is 258. The highest BCUT2D eigenvalue weighted by molar-refractivity contribution is 5.32. The number of rotatable bonds is 1. The molecule has 64 valence electrons. The molecule has 0 spiro atoms. The molecule has 1 nitrogen and oxygen atoms in total. The molecule has 0 saturated heterocycles. The van der Waals surface area contributed by atoms with Gasteiger partial charge in [0.05, 0.1) is 5.54 Å². The third-order valence-corrected chi connectivity index (χ3v) is 3.58. The van der Waals surface area contributed by atoms with Crippen LogP contribution in [0.1, 0.15) is 32.6 Å². The molecule has 12 heavy (non-hydrogen) atoms. The standard InChI is InChI=1S/C11H15N/c1-9-10-7-5-3-4-6-8-11(9,10)12-2/h9-10H,2,5-8H2,1H3. The Kier molecular flexibility index (Phi) is 1.72. The van der Waals surface area contributed by atoms with Crippen molar-refractivity contribution in [3.63, 3.8) is 0 Å². The lowest BCUT2D eigenvalue weighted by Gasteiger charge is -2.10. The summed E-state index contributed by atoms with van der Waals surface area (Å²) in [7, 11) is 0. The van der Waals surface area contributed by atoms with Gasteiger partial charge in [0.1, 0.15) is 0 Å². The summed E-state index contributed by atoms with van der Waals surface area (Å²) in [6.45, 7) is 6.02. The molecule has 0 aromatic rings. The lowest BCUT2D eigenvalue weighted by atomic mass is 10.0. The zero-order valence-corrected chi connectivity index (χ0v) is 7.64. The van der Waals surface area contributed by atoms with Crippen LogP contribution in [0.15, 0.2) is 4.99 Å². The molecule has 2 rings (SSSR count). The van der Waals surface area contributed by atoms with Gasteiger partial charge in [0, 0.05) is 12.8 Å². The molecule has 0 N–H and O–H groups in total. The Hall–Kier alpha value is -0.770. The van der Waals surface area contributed by atoms with E-state index in [2.05, 4.69) is 30.5 Å². The maximum atomic E-state index is 4.32. The molecule has 1 saturated carbocycles. The third kappa shape index (κ3) is 0.909. The van der Waals surface area contributed by atoms with Crippen LogP contribution in [-0.2, 0) is 0 Å². The van der Waals surface area contributed by atoms with E-state index in [1.165, 1.54) is 6.42 Å². The summed E-state index contributed by atoms with van der Waals surface area (Å²) in [6.07, 6.45) is 4.44. The Labute approximate surface area is 74.3 Å². The van der Waals surface area contributed by atoms with Crippen molar-refractivity contribution < 1.29 is 0 Å². The normalized spacial score (nSPS) is 44.4. The zero-order chi connectivity index (χ0) is 8.60. The Balaban J connectivity index is 2.15. The van der Waals surface area contributed by atoms with Crippen molar-refractivity contribution in [3.05, 3.63) is 0 Å². The van der Waals surface area contributed by atoms with E-state index in [4.69, 9.17) is 0 Å². The fraction of sp³-hybridized carbons (Fsp3) is 0.727. The zero-order valence-electron chi connectivity index (χ0n) is 7.64. The van der Waals surface area contributed by atoms with Crippen molar-refractivity contribution in [2.24, 2.45) is 16.8 Å². The molecule has 0 aliphatic heterocycles. The van der Waals surface area contributed by atoms with Gasteiger partial charge >= 0.3 is 0 Å². The molecule has 2 aliphatic rings. The molecular formula is C11H15N. The molecule has 0 bridgehead atoms. The summed E-state index contributed by atoms with van der Waals surface area (Å²) >= 11 is 0. The third-order valence-electron chi connectivity index (χ3n) is 3.58. The molecule has 3 unspecified atom stereocenters. The summed E-state index contributed by atoms with van der Waals surface area (Å²) < 4.78 is 0. The average molecular weight is 161 g/mol. The van der Waals surface area contributed by atoms with E-state index in [0.717, 1.165) is 31.1 Å². The summed E-state index contributed by atoms with van der Waals surface area (Å²) in [5.41, 5.74) is 0.231. The van der Waals surface area contributed by atoms with Gasteiger partial charge in [0.2, 0.25) is 0 Å². The smallest absolute Gasteiger partial charge is 0.0670 e. The summed E-state index contributed by atoms with van der Waals surface area (Å²) in [5, 5.41) is 0. The largest absolute Gasteiger partial charge is 0.294 e. The van der Waals surface area contributed by atoms with Gasteiger partial charge < -0.3 is 0 Å². The first-order valence-electron chi connectivity index (χ1n) is 4.75. The van der Waals surface area contributed by atoms with Crippen molar-refractivity contribution in [2.75, 3.05) is 0 Å². The second kappa shape index (κ2) is 2.62. The van der Waals surface area contributed by atoms with Gasteiger partial charge in [-0.3, -0.25) is 4.99 Å². The highest BCUT2D eigenvalue weighted by Gasteiger charge is 2.60. The van der Waals surface area contributed by atoms with E-state index in [9.17, 15) is 0 Å². The highest BCUT2D eigenvalue weighted by atomic mass is 15.0. The van der Waals surface area contributed by atoms with Crippen molar-refractivity contribution in [1.29, 1.82) is 0 Å². The predicted molar refractivity (Wildman–Crippen MR) is 51.2 cm³/mol. The molecule has 0 amide bonds. The predicted octanol–water partition coefficient (Wildman–Crippen LogP) is 2.27. The minimum Gasteiger partial charge on any atom is -0.294 e. The van der Waals surface area contributed by atoms with Crippen LogP contribution < -0.4 is 0 Å². The van der Waals surface area contributed by atoms with Crippen LogP contribution in [0.3, 0.4) is 0 Å². The highest BCUT2D eigenvalue weighted by Crippen LogP contribution is 2.58. The Morgan fingerprint density at radius 1 is 1.42 bits per heavy atom. The van der Waals surface area contributed by atoms with Crippen molar-refractivity contribution in [1.82, 2.24) is 0 Å². The molecule has 3 atom stereocenters. The van der Waals surface area contributed by atoms with E-state index >= 15 is 0 Å². The number of aliphatic imine (C=N–C) groups is 1. The maximum Gasteiger partial charge on any atom is 0.0670 e. The van der Waals surface area contributed by atoms with Crippen molar-refractivity contribution in [3.8, 4) is 11.8 Å². The maximum absolute atomic E-state index is 4.32. The molecule has 0 heterocycles. The van der Waals surface area contributed by atoms with E-state index < -0.39 is 0 Å². The fourth-order valence-electron chi connectivity index (χ4n) is 2.63. The Morgan fingerprint density at radius 3 is 2.92 bits per heavy atom. The first kappa shape index (κ1) is 7.86. The van der Waals surface area contributed by atoms with E-state index in [1.807, 2.05) is 0 Å². The second-order valence-electron chi connectivity index (χ2n) is 3.94. The molecule has 0 radical (unpaired) electrons. The molecule has 0 aromatic heterocycles. The molecule has 1 fully saturated rings. The van der Waals surface area contributed by atoms with Gasteiger partial charge in [-0.15, -0.1) is 11.8 Å². The molecule has 2 aliphatic carbocycles. The van der Waals surface area contributed by atoms with Crippen LogP contribution in [-0.4, -0.2) is 12.3 Å². The number of hydrogen-bond donors (Lipinski definition) is 0. The summed E-state index contributed by atoms with van der Waals surface area (Å²) in [4.78, 5) is 4.32. The van der Waals surface area contributed by atoms with E-state index in [1.54, 1.807) is 0 Å². The lowest BCUT2D eigenvalue weighted by Crippen LogP contribution is -2.10. The number of nitrogens with zero attached hydrogens (tertiary/aromatic N) is 1. The molecule has 0 aromatic carbocycles. The average Bonchev–Trinajstić information content (AvgIpc) is 2.55. The van der Waals surface area contributed by atoms with Gasteiger partial charge in [-0.05, 0) is 31.4 Å². The SMILES string of the molecule is C=NC12CCC#CCCC1C2C. The van der Waals surface area contributed by atoms with Crippen LogP contribution in [0, 0.1) is 23.7 Å². The Morgan fingerprint density at radius 2 is 2.17 bits per heavy atom. The van der Waals surface area contributed by atoms with Crippen molar-refractivity contribution in [2.45, 2.75) is 38.1 Å². The van der Waals surface area contributed by atoms with Gasteiger partial charge in [-0.2, -0.15) is 0 Å². The van der Waals surface area contributed by atoms with Crippen LogP contribution in [0.25, 0.3) is 0 Å². The van der Waals surface area contributed by atoms with E-state index in [-0.39, 0.29) is 5.54 Å². The van der Waals surface area contributed by atoms with Gasteiger partial charge in [-0.1, -0.05) is 6.92 Å². The second-order valence-corrected chi connectivity index (χ2v) is 3.94.